The van der Waals surface area contributed by atoms with E-state index in [4.69, 9.17) is 0 Å². The molecule has 1 rings (SSSR count). The fraction of sp³-hybridized carbons (Fsp3) is 0.909. The summed E-state index contributed by atoms with van der Waals surface area (Å²) in [6.45, 7) is 3.45. The van der Waals surface area contributed by atoms with E-state index in [0.717, 1.165) is 51.2 Å². The maximum Gasteiger partial charge on any atom is 0.119 e. The van der Waals surface area contributed by atoms with Crippen molar-refractivity contribution in [2.24, 2.45) is 0 Å². The Balaban J connectivity index is 2.06. The lowest BCUT2D eigenvalue weighted by molar-refractivity contribution is -0.107. The highest BCUT2D eigenvalue weighted by Gasteiger charge is 2.16. The van der Waals surface area contributed by atoms with Crippen LogP contribution in [0.1, 0.15) is 32.1 Å². The number of rotatable bonds is 6. The minimum atomic E-state index is 0.722. The third-order valence-corrected chi connectivity index (χ3v) is 3.01. The SMILES string of the molecule is CN(CCCCC=O)C1CCNCC1. The van der Waals surface area contributed by atoms with Crippen LogP contribution in [0.3, 0.4) is 0 Å². The van der Waals surface area contributed by atoms with E-state index in [1.165, 1.54) is 12.8 Å². The van der Waals surface area contributed by atoms with Crippen molar-refractivity contribution in [3.8, 4) is 0 Å². The van der Waals surface area contributed by atoms with Crippen LogP contribution in [0, 0.1) is 0 Å². The van der Waals surface area contributed by atoms with E-state index >= 15 is 0 Å². The zero-order chi connectivity index (χ0) is 10.2. The molecule has 14 heavy (non-hydrogen) atoms. The van der Waals surface area contributed by atoms with E-state index in [-0.39, 0.29) is 0 Å². The molecule has 0 saturated carbocycles. The van der Waals surface area contributed by atoms with E-state index in [2.05, 4.69) is 17.3 Å². The number of hydrogen-bond acceptors (Lipinski definition) is 3. The van der Waals surface area contributed by atoms with Crippen LogP contribution in [0.25, 0.3) is 0 Å². The first-order chi connectivity index (χ1) is 6.84. The van der Waals surface area contributed by atoms with Crippen LogP contribution in [-0.2, 0) is 4.79 Å². The Bertz CT molecular complexity index is 155. The van der Waals surface area contributed by atoms with Crippen molar-refractivity contribution in [2.75, 3.05) is 26.7 Å². The topological polar surface area (TPSA) is 32.3 Å². The molecule has 1 N–H and O–H groups in total. The largest absolute Gasteiger partial charge is 0.317 e. The van der Waals surface area contributed by atoms with Gasteiger partial charge in [0.1, 0.15) is 6.29 Å². The summed E-state index contributed by atoms with van der Waals surface area (Å²) in [5, 5.41) is 3.37. The van der Waals surface area contributed by atoms with Gasteiger partial charge in [0.15, 0.2) is 0 Å². The van der Waals surface area contributed by atoms with Crippen molar-refractivity contribution in [3.05, 3.63) is 0 Å². The molecule has 0 atom stereocenters. The number of nitrogens with zero attached hydrogens (tertiary/aromatic N) is 1. The van der Waals surface area contributed by atoms with Gasteiger partial charge in [-0.05, 0) is 52.4 Å². The average Bonchev–Trinajstić information content (AvgIpc) is 2.25. The molecule has 82 valence electrons. The lowest BCUT2D eigenvalue weighted by atomic mass is 10.1. The molecule has 0 aliphatic carbocycles. The first-order valence-electron chi connectivity index (χ1n) is 5.69. The zero-order valence-electron chi connectivity index (χ0n) is 9.17. The Morgan fingerprint density at radius 3 is 2.71 bits per heavy atom. The van der Waals surface area contributed by atoms with Gasteiger partial charge in [-0.2, -0.15) is 0 Å². The quantitative estimate of drug-likeness (QED) is 0.511. The number of carbonyl (C=O) groups excluding carboxylic acids is 1. The highest BCUT2D eigenvalue weighted by atomic mass is 16.1. The Morgan fingerprint density at radius 2 is 2.07 bits per heavy atom. The predicted octanol–water partition coefficient (Wildman–Crippen LogP) is 1.04. The lowest BCUT2D eigenvalue weighted by Crippen LogP contribution is -2.41. The molecule has 0 unspecified atom stereocenters. The van der Waals surface area contributed by atoms with E-state index in [1.807, 2.05) is 0 Å². The molecule has 3 nitrogen and oxygen atoms in total. The normalized spacial score (nSPS) is 18.7. The smallest absolute Gasteiger partial charge is 0.119 e. The summed E-state index contributed by atoms with van der Waals surface area (Å²) in [5.41, 5.74) is 0. The van der Waals surface area contributed by atoms with Gasteiger partial charge in [-0.1, -0.05) is 0 Å². The molecule has 1 aliphatic rings. The first-order valence-corrected chi connectivity index (χ1v) is 5.69. The van der Waals surface area contributed by atoms with Gasteiger partial charge >= 0.3 is 0 Å². The van der Waals surface area contributed by atoms with Gasteiger partial charge in [-0.15, -0.1) is 0 Å². The predicted molar refractivity (Wildman–Crippen MR) is 58.4 cm³/mol. The van der Waals surface area contributed by atoms with Crippen LogP contribution in [0.4, 0.5) is 0 Å². The standard InChI is InChI=1S/C11H22N2O/c1-13(9-3-2-4-10-14)11-5-7-12-8-6-11/h10-12H,2-9H2,1H3. The minimum Gasteiger partial charge on any atom is -0.317 e. The Labute approximate surface area is 86.9 Å². The molecule has 0 aromatic carbocycles. The van der Waals surface area contributed by atoms with E-state index in [1.54, 1.807) is 0 Å². The summed E-state index contributed by atoms with van der Waals surface area (Å²) < 4.78 is 0. The van der Waals surface area contributed by atoms with Gasteiger partial charge in [0.05, 0.1) is 0 Å². The van der Waals surface area contributed by atoms with Crippen LogP contribution in [0.2, 0.25) is 0 Å². The molecule has 0 spiro atoms. The van der Waals surface area contributed by atoms with Crippen molar-refractivity contribution in [3.63, 3.8) is 0 Å². The van der Waals surface area contributed by atoms with Crippen LogP contribution in [0.5, 0.6) is 0 Å². The highest BCUT2D eigenvalue weighted by molar-refractivity contribution is 5.48. The molecule has 0 aromatic rings. The number of nitrogens with one attached hydrogen (secondary N) is 1. The fourth-order valence-electron chi connectivity index (χ4n) is 2.02. The number of aldehydes is 1. The van der Waals surface area contributed by atoms with Crippen molar-refractivity contribution in [1.29, 1.82) is 0 Å². The molecule has 0 radical (unpaired) electrons. The summed E-state index contributed by atoms with van der Waals surface area (Å²) in [6.07, 6.45) is 6.47. The number of carbonyl (C=O) groups is 1. The second-order valence-electron chi connectivity index (χ2n) is 4.12. The molecule has 0 aromatic heterocycles. The number of hydrogen-bond donors (Lipinski definition) is 1. The lowest BCUT2D eigenvalue weighted by Gasteiger charge is -2.31. The third kappa shape index (κ3) is 4.20. The minimum absolute atomic E-state index is 0.722. The Hall–Kier alpha value is -0.410. The molecule has 1 aliphatic heterocycles. The summed E-state index contributed by atoms with van der Waals surface area (Å²) in [7, 11) is 2.21. The third-order valence-electron chi connectivity index (χ3n) is 3.01. The van der Waals surface area contributed by atoms with Crippen LogP contribution < -0.4 is 5.32 Å². The maximum atomic E-state index is 10.1. The van der Waals surface area contributed by atoms with Crippen LogP contribution in [-0.4, -0.2) is 43.9 Å². The molecule has 1 fully saturated rings. The van der Waals surface area contributed by atoms with Crippen molar-refractivity contribution in [1.82, 2.24) is 10.2 Å². The van der Waals surface area contributed by atoms with Crippen LogP contribution >= 0.6 is 0 Å². The van der Waals surface area contributed by atoms with Crippen molar-refractivity contribution in [2.45, 2.75) is 38.1 Å². The second kappa shape index (κ2) is 6.96. The number of piperidine rings is 1. The highest BCUT2D eigenvalue weighted by Crippen LogP contribution is 2.10. The van der Waals surface area contributed by atoms with E-state index in [0.29, 0.717) is 0 Å². The molecular formula is C11H22N2O. The second-order valence-corrected chi connectivity index (χ2v) is 4.12. The van der Waals surface area contributed by atoms with Crippen LogP contribution in [0.15, 0.2) is 0 Å². The fourth-order valence-corrected chi connectivity index (χ4v) is 2.02. The summed E-state index contributed by atoms with van der Waals surface area (Å²) >= 11 is 0. The van der Waals surface area contributed by atoms with Gasteiger partial charge in [0.2, 0.25) is 0 Å². The maximum absolute atomic E-state index is 10.1. The zero-order valence-corrected chi connectivity index (χ0v) is 9.17. The molecular weight excluding hydrogens is 176 g/mol. The molecule has 0 amide bonds. The van der Waals surface area contributed by atoms with E-state index < -0.39 is 0 Å². The molecule has 0 bridgehead atoms. The van der Waals surface area contributed by atoms with Gasteiger partial charge in [0.25, 0.3) is 0 Å². The number of unbranched alkanes of at least 4 members (excludes halogenated alkanes) is 2. The molecule has 1 heterocycles. The summed E-state index contributed by atoms with van der Waals surface area (Å²) in [6, 6.07) is 0.757. The Morgan fingerprint density at radius 1 is 1.36 bits per heavy atom. The monoisotopic (exact) mass is 198 g/mol. The first kappa shape index (κ1) is 11.7. The average molecular weight is 198 g/mol. The van der Waals surface area contributed by atoms with Crippen molar-refractivity contribution >= 4 is 6.29 Å². The van der Waals surface area contributed by atoms with Gasteiger partial charge in [-0.3, -0.25) is 0 Å². The summed E-state index contributed by atoms with van der Waals surface area (Å²) in [4.78, 5) is 12.6. The van der Waals surface area contributed by atoms with Gasteiger partial charge < -0.3 is 15.0 Å². The van der Waals surface area contributed by atoms with Gasteiger partial charge in [0, 0.05) is 12.5 Å². The molecule has 1 saturated heterocycles. The summed E-state index contributed by atoms with van der Waals surface area (Å²) in [5.74, 6) is 0. The molecule has 3 heteroatoms. The van der Waals surface area contributed by atoms with Gasteiger partial charge in [-0.25, -0.2) is 0 Å². The van der Waals surface area contributed by atoms with E-state index in [9.17, 15) is 4.79 Å². The van der Waals surface area contributed by atoms with Crippen molar-refractivity contribution < 1.29 is 4.79 Å². The Kier molecular flexibility index (Phi) is 5.80.